The van der Waals surface area contributed by atoms with E-state index in [1.165, 1.54) is 6.08 Å². The lowest BCUT2D eigenvalue weighted by atomic mass is 10.4. The fourth-order valence-corrected chi connectivity index (χ4v) is 0.752. The second-order valence-electron chi connectivity index (χ2n) is 1.48. The van der Waals surface area contributed by atoms with Gasteiger partial charge in [-0.15, -0.1) is 0 Å². The van der Waals surface area contributed by atoms with Gasteiger partial charge < -0.3 is 5.43 Å². The lowest BCUT2D eigenvalue weighted by molar-refractivity contribution is 0.909. The van der Waals surface area contributed by atoms with Crippen LogP contribution in [-0.2, 0) is 0 Å². The molecule has 10 heavy (non-hydrogen) atoms. The molecule has 0 aliphatic carbocycles. The topological polar surface area (TPSA) is 38.0 Å². The van der Waals surface area contributed by atoms with E-state index in [4.69, 9.17) is 29.0 Å². The third-order valence-electron chi connectivity index (χ3n) is 0.834. The molecule has 0 atom stereocenters. The van der Waals surface area contributed by atoms with Crippen LogP contribution in [-0.4, -0.2) is 0 Å². The molecule has 56 valence electrons. The summed E-state index contributed by atoms with van der Waals surface area (Å²) >= 11 is 11.1. The van der Waals surface area contributed by atoms with Gasteiger partial charge in [0.15, 0.2) is 0 Å². The zero-order valence-electron chi connectivity index (χ0n) is 5.32. The van der Waals surface area contributed by atoms with Crippen molar-refractivity contribution >= 4 is 23.2 Å². The maximum Gasteiger partial charge on any atom is 0.0854 e. The van der Waals surface area contributed by atoms with Gasteiger partial charge in [-0.2, -0.15) is 0 Å². The average molecular weight is 179 g/mol. The maximum absolute atomic E-state index is 5.60. The number of halogens is 2. The molecule has 0 fully saturated rings. The second kappa shape index (κ2) is 4.39. The van der Waals surface area contributed by atoms with Crippen LogP contribution in [0.15, 0.2) is 35.0 Å². The maximum atomic E-state index is 5.60. The van der Waals surface area contributed by atoms with Gasteiger partial charge in [0, 0.05) is 0 Å². The van der Waals surface area contributed by atoms with E-state index in [9.17, 15) is 0 Å². The van der Waals surface area contributed by atoms with Gasteiger partial charge in [0.25, 0.3) is 0 Å². The van der Waals surface area contributed by atoms with Crippen molar-refractivity contribution in [3.05, 3.63) is 35.0 Å². The summed E-state index contributed by atoms with van der Waals surface area (Å²) in [4.78, 5) is 0. The highest BCUT2D eigenvalue weighted by Crippen LogP contribution is 2.16. The van der Waals surface area contributed by atoms with E-state index in [0.717, 1.165) is 0 Å². The van der Waals surface area contributed by atoms with Crippen LogP contribution >= 0.6 is 23.2 Å². The summed E-state index contributed by atoms with van der Waals surface area (Å²) in [6, 6.07) is 0. The van der Waals surface area contributed by atoms with Gasteiger partial charge in [0.05, 0.1) is 15.8 Å². The van der Waals surface area contributed by atoms with E-state index in [1.54, 1.807) is 0 Å². The highest BCUT2D eigenvalue weighted by molar-refractivity contribution is 6.36. The Morgan fingerprint density at radius 1 is 1.50 bits per heavy atom. The van der Waals surface area contributed by atoms with Gasteiger partial charge in [-0.1, -0.05) is 36.4 Å². The van der Waals surface area contributed by atoms with E-state index in [1.807, 2.05) is 0 Å². The number of hydrogen-bond acceptors (Lipinski definition) is 2. The molecule has 0 bridgehead atoms. The fourth-order valence-electron chi connectivity index (χ4n) is 0.379. The number of hydrazine groups is 1. The van der Waals surface area contributed by atoms with Gasteiger partial charge in [-0.3, -0.25) is 5.84 Å². The number of hydrogen-bond donors (Lipinski definition) is 2. The van der Waals surface area contributed by atoms with Gasteiger partial charge in [-0.25, -0.2) is 0 Å². The molecular weight excluding hydrogens is 171 g/mol. The molecule has 0 saturated carbocycles. The molecule has 0 heterocycles. The minimum atomic E-state index is 0.257. The summed E-state index contributed by atoms with van der Waals surface area (Å²) in [7, 11) is 0. The first-order chi connectivity index (χ1) is 4.63. The van der Waals surface area contributed by atoms with E-state index in [-0.39, 0.29) is 5.03 Å². The monoisotopic (exact) mass is 178 g/mol. The largest absolute Gasteiger partial charge is 0.321 e. The van der Waals surface area contributed by atoms with E-state index in [0.29, 0.717) is 10.7 Å². The molecular formula is C6H8Cl2N2. The van der Waals surface area contributed by atoms with Crippen molar-refractivity contribution in [1.82, 2.24) is 5.43 Å². The Morgan fingerprint density at radius 3 is 2.10 bits per heavy atom. The minimum Gasteiger partial charge on any atom is -0.321 e. The SMILES string of the molecule is C=C/C(Cl)=C(/NN)C(=C)Cl. The molecule has 0 aromatic heterocycles. The first-order valence-electron chi connectivity index (χ1n) is 2.47. The Kier molecular flexibility index (Phi) is 4.19. The van der Waals surface area contributed by atoms with Crippen LogP contribution in [0.4, 0.5) is 0 Å². The van der Waals surface area contributed by atoms with Crippen LogP contribution in [0.3, 0.4) is 0 Å². The molecule has 0 amide bonds. The molecule has 3 N–H and O–H groups in total. The smallest absolute Gasteiger partial charge is 0.0854 e. The van der Waals surface area contributed by atoms with Crippen molar-refractivity contribution < 1.29 is 0 Å². The molecule has 0 rings (SSSR count). The fraction of sp³-hybridized carbons (Fsp3) is 0. The molecule has 0 aliphatic rings. The Bertz CT molecular complexity index is 184. The summed E-state index contributed by atoms with van der Waals surface area (Å²) in [6.07, 6.45) is 1.42. The second-order valence-corrected chi connectivity index (χ2v) is 2.34. The third-order valence-corrected chi connectivity index (χ3v) is 1.37. The third kappa shape index (κ3) is 2.43. The Labute approximate surface area is 70.0 Å². The van der Waals surface area contributed by atoms with Crippen LogP contribution in [0, 0.1) is 0 Å². The normalized spacial score (nSPS) is 11.9. The van der Waals surface area contributed by atoms with Crippen molar-refractivity contribution in [2.75, 3.05) is 0 Å². The van der Waals surface area contributed by atoms with Crippen molar-refractivity contribution in [2.45, 2.75) is 0 Å². The first-order valence-corrected chi connectivity index (χ1v) is 3.22. The number of nitrogens with one attached hydrogen (secondary N) is 1. The molecule has 0 spiro atoms. The summed E-state index contributed by atoms with van der Waals surface area (Å²) < 4.78 is 0. The summed E-state index contributed by atoms with van der Waals surface area (Å²) in [5.41, 5.74) is 2.68. The lowest BCUT2D eigenvalue weighted by Gasteiger charge is -2.03. The first kappa shape index (κ1) is 9.56. The van der Waals surface area contributed by atoms with Crippen LogP contribution < -0.4 is 11.3 Å². The molecule has 0 aromatic rings. The molecule has 0 radical (unpaired) electrons. The van der Waals surface area contributed by atoms with Crippen molar-refractivity contribution in [3.8, 4) is 0 Å². The van der Waals surface area contributed by atoms with Gasteiger partial charge in [-0.05, 0) is 6.08 Å². The quantitative estimate of drug-likeness (QED) is 0.394. The van der Waals surface area contributed by atoms with Gasteiger partial charge >= 0.3 is 0 Å². The van der Waals surface area contributed by atoms with Crippen molar-refractivity contribution in [3.63, 3.8) is 0 Å². The highest BCUT2D eigenvalue weighted by Gasteiger charge is 2.00. The van der Waals surface area contributed by atoms with Crippen LogP contribution in [0.1, 0.15) is 0 Å². The molecule has 0 aromatic carbocycles. The molecule has 2 nitrogen and oxygen atoms in total. The Balaban J connectivity index is 4.62. The van der Waals surface area contributed by atoms with Crippen LogP contribution in [0.25, 0.3) is 0 Å². The number of allylic oxidation sites excluding steroid dienone is 3. The van der Waals surface area contributed by atoms with Gasteiger partial charge in [0.1, 0.15) is 0 Å². The van der Waals surface area contributed by atoms with Crippen LogP contribution in [0.5, 0.6) is 0 Å². The Morgan fingerprint density at radius 2 is 2.00 bits per heavy atom. The zero-order valence-corrected chi connectivity index (χ0v) is 6.84. The van der Waals surface area contributed by atoms with Crippen molar-refractivity contribution in [1.29, 1.82) is 0 Å². The van der Waals surface area contributed by atoms with E-state index < -0.39 is 0 Å². The summed E-state index contributed by atoms with van der Waals surface area (Å²) in [5.74, 6) is 5.06. The summed E-state index contributed by atoms with van der Waals surface area (Å²) in [5, 5.41) is 0.606. The van der Waals surface area contributed by atoms with Crippen LogP contribution in [0.2, 0.25) is 0 Å². The molecule has 4 heteroatoms. The molecule has 0 unspecified atom stereocenters. The molecule has 0 saturated heterocycles. The number of rotatable bonds is 3. The Hall–Kier alpha value is -0.440. The highest BCUT2D eigenvalue weighted by atomic mass is 35.5. The predicted octanol–water partition coefficient (Wildman–Crippen LogP) is 1.84. The summed E-state index contributed by atoms with van der Waals surface area (Å²) in [6.45, 7) is 6.85. The van der Waals surface area contributed by atoms with Crippen molar-refractivity contribution in [2.24, 2.45) is 5.84 Å². The average Bonchev–Trinajstić information content (AvgIpc) is 1.88. The minimum absolute atomic E-state index is 0.257. The standard InChI is InChI=1S/C6H8Cl2N2/c1-3-5(8)6(10-9)4(2)7/h3,10H,1-2,9H2/b6-5-. The molecule has 0 aliphatic heterocycles. The lowest BCUT2D eigenvalue weighted by Crippen LogP contribution is -2.21. The number of nitrogens with two attached hydrogens (primary N) is 1. The van der Waals surface area contributed by atoms with E-state index >= 15 is 0 Å². The van der Waals surface area contributed by atoms with Gasteiger partial charge in [0.2, 0.25) is 0 Å². The zero-order chi connectivity index (χ0) is 8.15. The predicted molar refractivity (Wildman–Crippen MR) is 45.4 cm³/mol. The van der Waals surface area contributed by atoms with E-state index in [2.05, 4.69) is 18.6 Å².